The van der Waals surface area contributed by atoms with Gasteiger partial charge in [-0.2, -0.15) is 0 Å². The number of unbranched alkanes of at least 4 members (excludes halogenated alkanes) is 1. The molecule has 3 heteroatoms. The summed E-state index contributed by atoms with van der Waals surface area (Å²) in [6.45, 7) is 9.38. The average molecular weight is 512 g/mol. The Morgan fingerprint density at radius 2 is 1.82 bits per heavy atom. The van der Waals surface area contributed by atoms with E-state index in [1.54, 1.807) is 13.8 Å². The molecule has 0 bridgehead atoms. The van der Waals surface area contributed by atoms with Gasteiger partial charge in [0.05, 0.1) is 0 Å². The maximum Gasteiger partial charge on any atom is 0.159 e. The number of benzene rings is 2. The van der Waals surface area contributed by atoms with E-state index >= 15 is 0 Å². The van der Waals surface area contributed by atoms with Gasteiger partial charge in [-0.05, 0) is 128 Å². The predicted octanol–water partition coefficient (Wildman–Crippen LogP) is 8.14. The fraction of sp³-hybridized carbons (Fsp3) is 0.514. The zero-order valence-corrected chi connectivity index (χ0v) is 23.4. The van der Waals surface area contributed by atoms with E-state index in [0.717, 1.165) is 43.6 Å². The molecule has 0 amide bonds. The first-order valence-electron chi connectivity index (χ1n) is 14.8. The molecule has 2 fully saturated rings. The molecule has 2 nitrogen and oxygen atoms in total. The molecule has 0 N–H and O–H groups in total. The van der Waals surface area contributed by atoms with Crippen molar-refractivity contribution in [2.45, 2.75) is 84.2 Å². The molecule has 1 heterocycles. The van der Waals surface area contributed by atoms with Crippen LogP contribution in [-0.4, -0.2) is 36.0 Å². The Labute approximate surface area is 228 Å². The third-order valence-electron chi connectivity index (χ3n) is 9.44. The second-order valence-corrected chi connectivity index (χ2v) is 13.0. The fourth-order valence-electron chi connectivity index (χ4n) is 7.73. The largest absolute Gasteiger partial charge is 0.303 e. The summed E-state index contributed by atoms with van der Waals surface area (Å²) in [4.78, 5) is 14.7. The molecular formula is C35H42FNO. The summed E-state index contributed by atoms with van der Waals surface area (Å²) >= 11 is 0. The second-order valence-electron chi connectivity index (χ2n) is 13.0. The first-order chi connectivity index (χ1) is 18.2. The normalized spacial score (nSPS) is 27.2. The molecule has 1 saturated carbocycles. The summed E-state index contributed by atoms with van der Waals surface area (Å²) in [5, 5.41) is 0. The Morgan fingerprint density at radius 3 is 2.47 bits per heavy atom. The Bertz CT molecular complexity index is 1280. The number of ketones is 1. The SMILES string of the molecule is CCCCN1CC(Cc2ccc(C3=C(C4=CC5(C4)CC(C)(F)C5)CCCc4cc(C(C)=O)ccc43)cc2)C1. The minimum absolute atomic E-state index is 0.0855. The first-order valence-corrected chi connectivity index (χ1v) is 14.8. The van der Waals surface area contributed by atoms with Crippen LogP contribution in [0.1, 0.15) is 98.3 Å². The maximum atomic E-state index is 14.4. The zero-order valence-electron chi connectivity index (χ0n) is 23.4. The Kier molecular flexibility index (Phi) is 6.71. The molecule has 2 aromatic rings. The Hall–Kier alpha value is -2.52. The second kappa shape index (κ2) is 9.90. The van der Waals surface area contributed by atoms with Crippen molar-refractivity contribution in [3.63, 3.8) is 0 Å². The van der Waals surface area contributed by atoms with Crippen LogP contribution in [0.25, 0.3) is 5.57 Å². The lowest BCUT2D eigenvalue weighted by atomic mass is 9.51. The van der Waals surface area contributed by atoms with Crippen molar-refractivity contribution in [1.29, 1.82) is 0 Å². The van der Waals surface area contributed by atoms with Crippen LogP contribution in [0.2, 0.25) is 0 Å². The molecule has 3 aliphatic carbocycles. The Balaban J connectivity index is 1.30. The van der Waals surface area contributed by atoms with Gasteiger partial charge >= 0.3 is 0 Å². The number of fused-ring (bicyclic) bond motifs is 1. The molecule has 200 valence electrons. The van der Waals surface area contributed by atoms with Crippen molar-refractivity contribution >= 4 is 11.4 Å². The van der Waals surface area contributed by atoms with Crippen molar-refractivity contribution in [2.75, 3.05) is 19.6 Å². The summed E-state index contributed by atoms with van der Waals surface area (Å²) < 4.78 is 14.4. The van der Waals surface area contributed by atoms with Crippen LogP contribution in [0.5, 0.6) is 0 Å². The topological polar surface area (TPSA) is 20.3 Å². The summed E-state index contributed by atoms with van der Waals surface area (Å²) in [6, 6.07) is 15.6. The van der Waals surface area contributed by atoms with E-state index in [9.17, 15) is 9.18 Å². The maximum absolute atomic E-state index is 14.4. The number of nitrogens with zero attached hydrogens (tertiary/aromatic N) is 1. The third-order valence-corrected chi connectivity index (χ3v) is 9.44. The number of carbonyl (C=O) groups is 1. The van der Waals surface area contributed by atoms with Crippen molar-refractivity contribution in [3.8, 4) is 0 Å². The van der Waals surface area contributed by atoms with E-state index < -0.39 is 5.67 Å². The number of halogens is 1. The minimum Gasteiger partial charge on any atom is -0.303 e. The number of likely N-dealkylation sites (tertiary alicyclic amines) is 1. The van der Waals surface area contributed by atoms with Crippen molar-refractivity contribution in [1.82, 2.24) is 4.90 Å². The van der Waals surface area contributed by atoms with Gasteiger partial charge in [0.25, 0.3) is 0 Å². The van der Waals surface area contributed by atoms with E-state index in [-0.39, 0.29) is 11.2 Å². The zero-order chi connectivity index (χ0) is 26.5. The van der Waals surface area contributed by atoms with Gasteiger partial charge in [-0.1, -0.05) is 55.8 Å². The van der Waals surface area contributed by atoms with Gasteiger partial charge < -0.3 is 4.90 Å². The average Bonchev–Trinajstić information content (AvgIpc) is 3.01. The highest BCUT2D eigenvalue weighted by Gasteiger charge is 2.55. The number of rotatable bonds is 8. The molecular weight excluding hydrogens is 469 g/mol. The molecule has 1 spiro atoms. The van der Waals surface area contributed by atoms with E-state index in [1.165, 1.54) is 71.4 Å². The number of hydrogen-bond acceptors (Lipinski definition) is 2. The number of hydrogen-bond donors (Lipinski definition) is 0. The van der Waals surface area contributed by atoms with Crippen molar-refractivity contribution in [3.05, 3.63) is 87.5 Å². The van der Waals surface area contributed by atoms with Crippen LogP contribution in [0, 0.1) is 11.3 Å². The van der Waals surface area contributed by atoms with Gasteiger partial charge in [-0.25, -0.2) is 4.39 Å². The molecule has 1 saturated heterocycles. The lowest BCUT2D eigenvalue weighted by molar-refractivity contribution is -0.0338. The van der Waals surface area contributed by atoms with Gasteiger partial charge in [0.2, 0.25) is 0 Å². The van der Waals surface area contributed by atoms with Crippen LogP contribution in [0.4, 0.5) is 4.39 Å². The number of alkyl halides is 1. The predicted molar refractivity (Wildman–Crippen MR) is 154 cm³/mol. The lowest BCUT2D eigenvalue weighted by Crippen LogP contribution is -2.49. The summed E-state index contributed by atoms with van der Waals surface area (Å²) in [5.41, 5.74) is 9.33. The molecule has 6 rings (SSSR count). The van der Waals surface area contributed by atoms with Crippen LogP contribution in [-0.2, 0) is 12.8 Å². The molecule has 0 atom stereocenters. The molecule has 2 aromatic carbocycles. The molecule has 1 aliphatic heterocycles. The first kappa shape index (κ1) is 25.7. The van der Waals surface area contributed by atoms with Crippen molar-refractivity contribution in [2.24, 2.45) is 11.3 Å². The van der Waals surface area contributed by atoms with E-state index in [0.29, 0.717) is 12.8 Å². The van der Waals surface area contributed by atoms with E-state index in [4.69, 9.17) is 0 Å². The van der Waals surface area contributed by atoms with Crippen LogP contribution in [0.15, 0.2) is 59.7 Å². The molecule has 0 aromatic heterocycles. The number of allylic oxidation sites excluding steroid dienone is 3. The molecule has 0 unspecified atom stereocenters. The van der Waals surface area contributed by atoms with E-state index in [1.807, 2.05) is 6.07 Å². The van der Waals surface area contributed by atoms with Gasteiger partial charge in [-0.3, -0.25) is 4.79 Å². The van der Waals surface area contributed by atoms with Gasteiger partial charge in [0.15, 0.2) is 5.78 Å². The third kappa shape index (κ3) is 4.95. The van der Waals surface area contributed by atoms with Gasteiger partial charge in [0.1, 0.15) is 5.67 Å². The highest BCUT2D eigenvalue weighted by atomic mass is 19.1. The van der Waals surface area contributed by atoms with Gasteiger partial charge in [0, 0.05) is 18.7 Å². The summed E-state index contributed by atoms with van der Waals surface area (Å²) in [5.74, 6) is 0.899. The van der Waals surface area contributed by atoms with Crippen LogP contribution >= 0.6 is 0 Å². The highest BCUT2D eigenvalue weighted by Crippen LogP contribution is 2.62. The Morgan fingerprint density at radius 1 is 1.08 bits per heavy atom. The number of carbonyl (C=O) groups excluding carboxylic acids is 1. The van der Waals surface area contributed by atoms with Gasteiger partial charge in [-0.15, -0.1) is 0 Å². The molecule has 38 heavy (non-hydrogen) atoms. The fourth-order valence-corrected chi connectivity index (χ4v) is 7.73. The quantitative estimate of drug-likeness (QED) is 0.333. The minimum atomic E-state index is -0.998. The summed E-state index contributed by atoms with van der Waals surface area (Å²) in [6.07, 6.45) is 11.5. The lowest BCUT2D eigenvalue weighted by Gasteiger charge is -2.54. The smallest absolute Gasteiger partial charge is 0.159 e. The number of Topliss-reactive ketones (excluding diaryl/α,β-unsaturated/α-hetero) is 1. The van der Waals surface area contributed by atoms with Crippen LogP contribution in [0.3, 0.4) is 0 Å². The van der Waals surface area contributed by atoms with Crippen molar-refractivity contribution < 1.29 is 9.18 Å². The monoisotopic (exact) mass is 511 g/mol. The standard InChI is InChI=1S/C35H42FNO/c1-4-5-15-37-20-26(21-37)16-25-9-11-27(12-10-25)33-31(30-18-35(19-30)22-34(3,36)23-35)8-6-7-29-17-28(24(2)38)13-14-32(29)33/h9-14,17-18,26H,4-8,15-16,19-23H2,1-3H3. The molecule has 0 radical (unpaired) electrons. The molecule has 4 aliphatic rings. The van der Waals surface area contributed by atoms with E-state index in [2.05, 4.69) is 54.3 Å². The number of aryl methyl sites for hydroxylation is 1. The highest BCUT2D eigenvalue weighted by molar-refractivity contribution is 5.95. The summed E-state index contributed by atoms with van der Waals surface area (Å²) in [7, 11) is 0. The van der Waals surface area contributed by atoms with Crippen LogP contribution < -0.4 is 0 Å².